The fourth-order valence-corrected chi connectivity index (χ4v) is 2.30. The van der Waals surface area contributed by atoms with Gasteiger partial charge in [-0.2, -0.15) is 0 Å². The van der Waals surface area contributed by atoms with Crippen LogP contribution in [0.4, 0.5) is 0 Å². The molecule has 0 aromatic heterocycles. The third kappa shape index (κ3) is 4.64. The Morgan fingerprint density at radius 3 is 2.24 bits per heavy atom. The van der Waals surface area contributed by atoms with Crippen LogP contribution in [0.15, 0.2) is 0 Å². The molecule has 0 spiro atoms. The standard InChI is InChI=1S/C13H27N3O/c1-5-14-12(4)10-13(17)16-8-6-15(7-9-16)11(2)3/h11-12,14H,5-10H2,1-4H3. The summed E-state index contributed by atoms with van der Waals surface area (Å²) in [4.78, 5) is 16.5. The number of amides is 1. The van der Waals surface area contributed by atoms with Gasteiger partial charge < -0.3 is 10.2 Å². The van der Waals surface area contributed by atoms with Crippen LogP contribution in [0.3, 0.4) is 0 Å². The number of nitrogens with one attached hydrogen (secondary N) is 1. The highest BCUT2D eigenvalue weighted by Gasteiger charge is 2.22. The van der Waals surface area contributed by atoms with Crippen molar-refractivity contribution in [3.63, 3.8) is 0 Å². The van der Waals surface area contributed by atoms with Gasteiger partial charge in [0.2, 0.25) is 5.91 Å². The second kappa shape index (κ2) is 6.97. The molecule has 0 aromatic carbocycles. The number of nitrogens with zero attached hydrogens (tertiary/aromatic N) is 2. The molecule has 4 nitrogen and oxygen atoms in total. The molecule has 1 heterocycles. The fourth-order valence-electron chi connectivity index (χ4n) is 2.30. The second-order valence-corrected chi connectivity index (χ2v) is 5.17. The average Bonchev–Trinajstić information content (AvgIpc) is 2.29. The Morgan fingerprint density at radius 2 is 1.76 bits per heavy atom. The zero-order valence-electron chi connectivity index (χ0n) is 11.7. The van der Waals surface area contributed by atoms with E-state index in [0.29, 0.717) is 18.4 Å². The molecule has 0 bridgehead atoms. The van der Waals surface area contributed by atoms with Crippen molar-refractivity contribution in [1.29, 1.82) is 0 Å². The SMILES string of the molecule is CCNC(C)CC(=O)N1CCN(C(C)C)CC1. The monoisotopic (exact) mass is 241 g/mol. The van der Waals surface area contributed by atoms with Crippen molar-refractivity contribution in [1.82, 2.24) is 15.1 Å². The molecule has 1 N–H and O–H groups in total. The summed E-state index contributed by atoms with van der Waals surface area (Å²) in [6.07, 6.45) is 0.621. The van der Waals surface area contributed by atoms with Gasteiger partial charge in [-0.3, -0.25) is 9.69 Å². The third-order valence-corrected chi connectivity index (χ3v) is 3.43. The van der Waals surface area contributed by atoms with Gasteiger partial charge in [-0.25, -0.2) is 0 Å². The van der Waals surface area contributed by atoms with E-state index in [1.54, 1.807) is 0 Å². The van der Waals surface area contributed by atoms with E-state index in [4.69, 9.17) is 0 Å². The summed E-state index contributed by atoms with van der Waals surface area (Å²) in [6, 6.07) is 0.878. The Morgan fingerprint density at radius 1 is 1.18 bits per heavy atom. The van der Waals surface area contributed by atoms with Crippen LogP contribution >= 0.6 is 0 Å². The second-order valence-electron chi connectivity index (χ2n) is 5.17. The van der Waals surface area contributed by atoms with Gasteiger partial charge in [0.1, 0.15) is 0 Å². The van der Waals surface area contributed by atoms with E-state index in [9.17, 15) is 4.79 Å². The van der Waals surface area contributed by atoms with Crippen molar-refractivity contribution in [3.8, 4) is 0 Å². The lowest BCUT2D eigenvalue weighted by molar-refractivity contribution is -0.133. The quantitative estimate of drug-likeness (QED) is 0.778. The number of carbonyl (C=O) groups excluding carboxylic acids is 1. The van der Waals surface area contributed by atoms with Gasteiger partial charge in [0.15, 0.2) is 0 Å². The summed E-state index contributed by atoms with van der Waals surface area (Å²) in [7, 11) is 0. The Bertz CT molecular complexity index is 235. The number of hydrogen-bond donors (Lipinski definition) is 1. The largest absolute Gasteiger partial charge is 0.340 e. The normalized spacial score (nSPS) is 19.7. The lowest BCUT2D eigenvalue weighted by Crippen LogP contribution is -2.51. The molecule has 1 amide bonds. The number of carbonyl (C=O) groups is 1. The van der Waals surface area contributed by atoms with E-state index in [1.807, 2.05) is 4.90 Å². The summed E-state index contributed by atoms with van der Waals surface area (Å²) in [5, 5.41) is 3.28. The van der Waals surface area contributed by atoms with E-state index in [1.165, 1.54) is 0 Å². The van der Waals surface area contributed by atoms with Gasteiger partial charge in [0, 0.05) is 44.7 Å². The van der Waals surface area contributed by atoms with Crippen molar-refractivity contribution in [2.75, 3.05) is 32.7 Å². The number of hydrogen-bond acceptors (Lipinski definition) is 3. The maximum atomic E-state index is 12.0. The first-order valence-electron chi connectivity index (χ1n) is 6.79. The van der Waals surface area contributed by atoms with Gasteiger partial charge in [0.25, 0.3) is 0 Å². The Kier molecular flexibility index (Phi) is 5.92. The molecule has 0 aliphatic carbocycles. The molecule has 17 heavy (non-hydrogen) atoms. The lowest BCUT2D eigenvalue weighted by Gasteiger charge is -2.37. The Balaban J connectivity index is 2.30. The van der Waals surface area contributed by atoms with Crippen molar-refractivity contribution in [2.24, 2.45) is 0 Å². The summed E-state index contributed by atoms with van der Waals surface area (Å²) in [5.74, 6) is 0.293. The van der Waals surface area contributed by atoms with Crippen molar-refractivity contribution < 1.29 is 4.79 Å². The summed E-state index contributed by atoms with van der Waals surface area (Å²) < 4.78 is 0. The average molecular weight is 241 g/mol. The van der Waals surface area contributed by atoms with Crippen LogP contribution in [0.5, 0.6) is 0 Å². The van der Waals surface area contributed by atoms with E-state index in [0.717, 1.165) is 32.7 Å². The molecule has 4 heteroatoms. The minimum atomic E-state index is 0.288. The van der Waals surface area contributed by atoms with Gasteiger partial charge >= 0.3 is 0 Å². The summed E-state index contributed by atoms with van der Waals surface area (Å²) >= 11 is 0. The van der Waals surface area contributed by atoms with Gasteiger partial charge in [-0.15, -0.1) is 0 Å². The van der Waals surface area contributed by atoms with Crippen LogP contribution in [0.25, 0.3) is 0 Å². The zero-order chi connectivity index (χ0) is 12.8. The van der Waals surface area contributed by atoms with Gasteiger partial charge in [0.05, 0.1) is 0 Å². The van der Waals surface area contributed by atoms with E-state index in [-0.39, 0.29) is 6.04 Å². The first-order chi connectivity index (χ1) is 8.04. The molecule has 1 saturated heterocycles. The summed E-state index contributed by atoms with van der Waals surface area (Å²) in [6.45, 7) is 13.3. The molecule has 1 unspecified atom stereocenters. The summed E-state index contributed by atoms with van der Waals surface area (Å²) in [5.41, 5.74) is 0. The molecular formula is C13H27N3O. The zero-order valence-corrected chi connectivity index (χ0v) is 11.7. The highest BCUT2D eigenvalue weighted by atomic mass is 16.2. The smallest absolute Gasteiger partial charge is 0.224 e. The van der Waals surface area contributed by atoms with Crippen LogP contribution in [0.1, 0.15) is 34.1 Å². The van der Waals surface area contributed by atoms with Crippen LogP contribution in [-0.4, -0.2) is 60.5 Å². The minimum Gasteiger partial charge on any atom is -0.340 e. The third-order valence-electron chi connectivity index (χ3n) is 3.43. The number of piperazine rings is 1. The maximum absolute atomic E-state index is 12.0. The van der Waals surface area contributed by atoms with Crippen LogP contribution < -0.4 is 5.32 Å². The topological polar surface area (TPSA) is 35.6 Å². The predicted octanol–water partition coefficient (Wildman–Crippen LogP) is 0.927. The van der Waals surface area contributed by atoms with Gasteiger partial charge in [-0.1, -0.05) is 6.92 Å². The van der Waals surface area contributed by atoms with Gasteiger partial charge in [-0.05, 0) is 27.3 Å². The Labute approximate surface area is 105 Å². The molecule has 1 rings (SSSR count). The molecule has 1 aliphatic heterocycles. The van der Waals surface area contributed by atoms with Crippen molar-refractivity contribution in [2.45, 2.75) is 46.2 Å². The van der Waals surface area contributed by atoms with Crippen molar-refractivity contribution in [3.05, 3.63) is 0 Å². The molecule has 0 radical (unpaired) electrons. The molecule has 1 fully saturated rings. The molecular weight excluding hydrogens is 214 g/mol. The maximum Gasteiger partial charge on any atom is 0.224 e. The Hall–Kier alpha value is -0.610. The minimum absolute atomic E-state index is 0.288. The first kappa shape index (κ1) is 14.5. The molecule has 1 atom stereocenters. The highest BCUT2D eigenvalue weighted by Crippen LogP contribution is 2.08. The van der Waals surface area contributed by atoms with Crippen molar-refractivity contribution >= 4 is 5.91 Å². The van der Waals surface area contributed by atoms with Crippen LogP contribution in [-0.2, 0) is 4.79 Å². The molecule has 0 aromatic rings. The molecule has 100 valence electrons. The van der Waals surface area contributed by atoms with E-state index < -0.39 is 0 Å². The van der Waals surface area contributed by atoms with Crippen LogP contribution in [0, 0.1) is 0 Å². The fraction of sp³-hybridized carbons (Fsp3) is 0.923. The predicted molar refractivity (Wildman–Crippen MR) is 71.0 cm³/mol. The van der Waals surface area contributed by atoms with Crippen LogP contribution in [0.2, 0.25) is 0 Å². The molecule has 1 aliphatic rings. The van der Waals surface area contributed by atoms with E-state index in [2.05, 4.69) is 37.9 Å². The first-order valence-corrected chi connectivity index (χ1v) is 6.79. The lowest BCUT2D eigenvalue weighted by atomic mass is 10.2. The number of rotatable bonds is 5. The van der Waals surface area contributed by atoms with E-state index >= 15 is 0 Å². The highest BCUT2D eigenvalue weighted by molar-refractivity contribution is 5.76. The molecule has 0 saturated carbocycles.